The van der Waals surface area contributed by atoms with E-state index in [1.54, 1.807) is 0 Å². The van der Waals surface area contributed by atoms with Crippen LogP contribution in [0.25, 0.3) is 0 Å². The zero-order valence-corrected chi connectivity index (χ0v) is 10.2. The minimum Gasteiger partial charge on any atom is -0.355 e. The molecular weight excluding hydrogens is 277 g/mol. The van der Waals surface area contributed by atoms with Crippen molar-refractivity contribution < 1.29 is 4.79 Å². The summed E-state index contributed by atoms with van der Waals surface area (Å²) in [5, 5.41) is 2.91. The molecule has 1 aliphatic rings. The number of rotatable bonds is 5. The smallest absolute Gasteiger partial charge is 0.220 e. The average Bonchev–Trinajstić information content (AvgIpc) is 2.64. The van der Waals surface area contributed by atoms with Crippen LogP contribution in [0.15, 0.2) is 0 Å². The predicted molar refractivity (Wildman–Crippen MR) is 63.1 cm³/mol. The molecule has 0 bridgehead atoms. The van der Waals surface area contributed by atoms with Crippen LogP contribution in [0.1, 0.15) is 38.5 Å². The van der Waals surface area contributed by atoms with Gasteiger partial charge < -0.3 is 5.32 Å². The van der Waals surface area contributed by atoms with Crippen LogP contribution in [0.2, 0.25) is 0 Å². The monoisotopic (exact) mass is 295 g/mol. The van der Waals surface area contributed by atoms with Crippen molar-refractivity contribution in [1.82, 2.24) is 5.32 Å². The van der Waals surface area contributed by atoms with Gasteiger partial charge in [0.15, 0.2) is 0 Å². The van der Waals surface area contributed by atoms with Gasteiger partial charge in [0.25, 0.3) is 0 Å². The molecule has 76 valence electrons. The maximum absolute atomic E-state index is 11.2. The Kier molecular flexibility index (Phi) is 5.75. The van der Waals surface area contributed by atoms with Gasteiger partial charge in [-0.3, -0.25) is 4.79 Å². The highest BCUT2D eigenvalue weighted by Gasteiger charge is 2.15. The summed E-state index contributed by atoms with van der Waals surface area (Å²) in [6, 6.07) is 0. The largest absolute Gasteiger partial charge is 0.355 e. The van der Waals surface area contributed by atoms with Crippen molar-refractivity contribution >= 4 is 28.5 Å². The first-order chi connectivity index (χ1) is 6.33. The van der Waals surface area contributed by atoms with E-state index in [0.717, 1.165) is 29.7 Å². The molecule has 0 spiro atoms. The van der Waals surface area contributed by atoms with Crippen molar-refractivity contribution in [2.24, 2.45) is 5.92 Å². The summed E-state index contributed by atoms with van der Waals surface area (Å²) in [7, 11) is 0. The maximum Gasteiger partial charge on any atom is 0.220 e. The van der Waals surface area contributed by atoms with E-state index in [-0.39, 0.29) is 5.91 Å². The van der Waals surface area contributed by atoms with Gasteiger partial charge in [0.2, 0.25) is 5.91 Å². The molecule has 1 amide bonds. The number of amides is 1. The highest BCUT2D eigenvalue weighted by atomic mass is 127. The summed E-state index contributed by atoms with van der Waals surface area (Å²) < 4.78 is 1.01. The first kappa shape index (κ1) is 11.3. The lowest BCUT2D eigenvalue weighted by Gasteiger charge is -2.07. The number of halogens is 1. The fourth-order valence-electron chi connectivity index (χ4n) is 1.91. The number of hydrogen-bond acceptors (Lipinski definition) is 1. The van der Waals surface area contributed by atoms with Crippen LogP contribution >= 0.6 is 22.6 Å². The van der Waals surface area contributed by atoms with Gasteiger partial charge in [-0.1, -0.05) is 48.3 Å². The Labute approximate surface area is 94.0 Å². The van der Waals surface area contributed by atoms with Gasteiger partial charge >= 0.3 is 0 Å². The second-order valence-corrected chi connectivity index (χ2v) is 4.81. The van der Waals surface area contributed by atoms with Crippen LogP contribution < -0.4 is 5.32 Å². The Morgan fingerprint density at radius 2 is 2.08 bits per heavy atom. The molecule has 0 aromatic rings. The Morgan fingerprint density at radius 3 is 2.69 bits per heavy atom. The maximum atomic E-state index is 11.2. The van der Waals surface area contributed by atoms with Crippen molar-refractivity contribution in [2.45, 2.75) is 38.5 Å². The number of nitrogens with one attached hydrogen (secondary N) is 1. The van der Waals surface area contributed by atoms with E-state index in [1.807, 2.05) is 0 Å². The van der Waals surface area contributed by atoms with E-state index in [2.05, 4.69) is 27.9 Å². The third kappa shape index (κ3) is 4.84. The first-order valence-corrected chi connectivity index (χ1v) is 6.68. The van der Waals surface area contributed by atoms with Crippen molar-refractivity contribution in [2.75, 3.05) is 11.0 Å². The van der Waals surface area contributed by atoms with Gasteiger partial charge in [0.05, 0.1) is 0 Å². The van der Waals surface area contributed by atoms with Crippen LogP contribution in [0.5, 0.6) is 0 Å². The second-order valence-electron chi connectivity index (χ2n) is 3.73. The summed E-state index contributed by atoms with van der Waals surface area (Å²) in [4.78, 5) is 11.2. The average molecular weight is 295 g/mol. The van der Waals surface area contributed by atoms with E-state index in [1.165, 1.54) is 25.7 Å². The quantitative estimate of drug-likeness (QED) is 0.613. The molecule has 3 heteroatoms. The molecule has 1 N–H and O–H groups in total. The zero-order chi connectivity index (χ0) is 9.52. The summed E-state index contributed by atoms with van der Waals surface area (Å²) in [6.07, 6.45) is 7.29. The zero-order valence-electron chi connectivity index (χ0n) is 8.02. The lowest BCUT2D eigenvalue weighted by atomic mass is 10.0. The predicted octanol–water partition coefficient (Wildman–Crippen LogP) is 2.51. The Balaban J connectivity index is 2.00. The third-order valence-corrected chi connectivity index (χ3v) is 3.21. The van der Waals surface area contributed by atoms with Crippen LogP contribution in [-0.2, 0) is 4.79 Å². The molecule has 0 aromatic carbocycles. The molecule has 0 aliphatic heterocycles. The molecule has 1 rings (SSSR count). The molecule has 0 atom stereocenters. The minimum atomic E-state index is 0.239. The van der Waals surface area contributed by atoms with Gasteiger partial charge in [0, 0.05) is 17.4 Å². The van der Waals surface area contributed by atoms with Gasteiger partial charge in [-0.25, -0.2) is 0 Å². The Bertz CT molecular complexity index is 155. The fraction of sp³-hybridized carbons (Fsp3) is 0.900. The van der Waals surface area contributed by atoms with E-state index < -0.39 is 0 Å². The summed E-state index contributed by atoms with van der Waals surface area (Å²) in [5.41, 5.74) is 0. The van der Waals surface area contributed by atoms with Gasteiger partial charge in [0.1, 0.15) is 0 Å². The molecule has 1 fully saturated rings. The molecule has 0 radical (unpaired) electrons. The molecule has 0 heterocycles. The number of carbonyl (C=O) groups is 1. The summed E-state index contributed by atoms with van der Waals surface area (Å²) in [5.74, 6) is 1.08. The van der Waals surface area contributed by atoms with Gasteiger partial charge in [-0.2, -0.15) is 0 Å². The van der Waals surface area contributed by atoms with Crippen LogP contribution in [0.4, 0.5) is 0 Å². The SMILES string of the molecule is O=C(CCC1CCCC1)NCCI. The van der Waals surface area contributed by atoms with Crippen LogP contribution in [0, 0.1) is 5.92 Å². The van der Waals surface area contributed by atoms with Crippen molar-refractivity contribution in [1.29, 1.82) is 0 Å². The van der Waals surface area contributed by atoms with Crippen LogP contribution in [-0.4, -0.2) is 16.9 Å². The lowest BCUT2D eigenvalue weighted by molar-refractivity contribution is -0.121. The summed E-state index contributed by atoms with van der Waals surface area (Å²) in [6.45, 7) is 0.823. The standard InChI is InChI=1S/C10H18INO/c11-7-8-12-10(13)6-5-9-3-1-2-4-9/h9H,1-8H2,(H,12,13). The van der Waals surface area contributed by atoms with Gasteiger partial charge in [-0.05, 0) is 12.3 Å². The Hall–Kier alpha value is 0.200. The van der Waals surface area contributed by atoms with Gasteiger partial charge in [-0.15, -0.1) is 0 Å². The number of carbonyl (C=O) groups excluding carboxylic acids is 1. The molecule has 0 saturated heterocycles. The normalized spacial score (nSPS) is 17.6. The van der Waals surface area contributed by atoms with Crippen LogP contribution in [0.3, 0.4) is 0 Å². The van der Waals surface area contributed by atoms with E-state index in [0.29, 0.717) is 0 Å². The highest BCUT2D eigenvalue weighted by Crippen LogP contribution is 2.28. The fourth-order valence-corrected chi connectivity index (χ4v) is 2.18. The summed E-state index contributed by atoms with van der Waals surface area (Å²) >= 11 is 2.27. The third-order valence-electron chi connectivity index (χ3n) is 2.67. The molecule has 13 heavy (non-hydrogen) atoms. The molecule has 0 aromatic heterocycles. The van der Waals surface area contributed by atoms with E-state index in [4.69, 9.17) is 0 Å². The van der Waals surface area contributed by atoms with E-state index >= 15 is 0 Å². The molecule has 1 saturated carbocycles. The first-order valence-electron chi connectivity index (χ1n) is 5.15. The number of hydrogen-bond donors (Lipinski definition) is 1. The molecular formula is C10H18INO. The van der Waals surface area contributed by atoms with Crippen molar-refractivity contribution in [3.63, 3.8) is 0 Å². The molecule has 0 unspecified atom stereocenters. The topological polar surface area (TPSA) is 29.1 Å². The van der Waals surface area contributed by atoms with Crippen molar-refractivity contribution in [3.05, 3.63) is 0 Å². The number of alkyl halides is 1. The second kappa shape index (κ2) is 6.62. The lowest BCUT2D eigenvalue weighted by Crippen LogP contribution is -2.25. The van der Waals surface area contributed by atoms with E-state index in [9.17, 15) is 4.79 Å². The van der Waals surface area contributed by atoms with Crippen molar-refractivity contribution in [3.8, 4) is 0 Å². The highest BCUT2D eigenvalue weighted by molar-refractivity contribution is 14.1. The minimum absolute atomic E-state index is 0.239. The molecule has 2 nitrogen and oxygen atoms in total. The Morgan fingerprint density at radius 1 is 1.38 bits per heavy atom. The molecule has 1 aliphatic carbocycles.